The van der Waals surface area contributed by atoms with Gasteiger partial charge in [0.1, 0.15) is 39.9 Å². The third-order valence-corrected chi connectivity index (χ3v) is 24.6. The number of benzene rings is 9. The van der Waals surface area contributed by atoms with E-state index < -0.39 is 102 Å². The van der Waals surface area contributed by atoms with Gasteiger partial charge in [-0.05, 0) is 219 Å². The van der Waals surface area contributed by atoms with Gasteiger partial charge < -0.3 is 37.3 Å². The van der Waals surface area contributed by atoms with Gasteiger partial charge >= 0.3 is 28.4 Å². The molecule has 0 N–H and O–H groups in total. The molecule has 616 valence electrons. The standard InChI is InChI=1S/C27H23O2S.C22H23OS.C17H20O4S.2C10H17F3O5S/c1-21(22-11-5-2-6-12-22)29-27(28)23-17-19-26(20-18-23)30(24-13-7-3-8-14-24)25-15-9-4-10-16-25;1-22(2,3)23-18-14-16-21(17-15-18)24(19-10-6-4-7-11-19)20-12-8-5-9-13-20;1-3-13(2)15-6-4-14(5-7-15)12-21-16-8-10-17(11-9-16)22(18,19)20;2*1-4-9(2,3)8(14)18-6-5-7(11)10(12,13)19(15,16)17/h2-21H,1H3;4-17H,1-3H3;4-11,13H,3,12H2,1-2H3,(H,18,19,20);2*7H,4-6H2,1-3H3,(H,15,16,17)/q2*+1;;;/p-3. The van der Waals surface area contributed by atoms with Crippen molar-refractivity contribution in [3.63, 3.8) is 0 Å². The summed E-state index contributed by atoms with van der Waals surface area (Å²) in [5.74, 6) is 0.245. The van der Waals surface area contributed by atoms with Gasteiger partial charge in [-0.25, -0.2) is 38.8 Å². The second-order valence-corrected chi connectivity index (χ2v) is 36.4. The number of hydrogen-bond acceptors (Lipinski definition) is 17. The highest BCUT2D eigenvalue weighted by atomic mass is 32.2. The van der Waals surface area contributed by atoms with E-state index in [1.165, 1.54) is 59.2 Å². The third kappa shape index (κ3) is 30.0. The summed E-state index contributed by atoms with van der Waals surface area (Å²) in [7, 11) is -16.9. The lowest BCUT2D eigenvalue weighted by Gasteiger charge is -2.24. The van der Waals surface area contributed by atoms with E-state index in [2.05, 4.69) is 190 Å². The van der Waals surface area contributed by atoms with Crippen molar-refractivity contribution in [2.75, 3.05) is 13.2 Å². The molecule has 0 spiro atoms. The highest BCUT2D eigenvalue weighted by molar-refractivity contribution is 7.97. The fraction of sp³-hybridized carbons (Fsp3) is 0.337. The number of ether oxygens (including phenoxy) is 5. The molecular formula is C86H97F6O17S5-. The molecule has 17 nitrogen and oxygen atoms in total. The van der Waals surface area contributed by atoms with E-state index >= 15 is 0 Å². The average Bonchev–Trinajstić information content (AvgIpc) is 0.826. The van der Waals surface area contributed by atoms with E-state index in [1.54, 1.807) is 41.5 Å². The van der Waals surface area contributed by atoms with Crippen molar-refractivity contribution >= 4 is 70.1 Å². The Labute approximate surface area is 672 Å². The zero-order chi connectivity index (χ0) is 84.9. The van der Waals surface area contributed by atoms with Gasteiger partial charge in [0, 0.05) is 12.8 Å². The Morgan fingerprint density at radius 3 is 1.09 bits per heavy atom. The first kappa shape index (κ1) is 95.6. The molecule has 114 heavy (non-hydrogen) atoms. The quantitative estimate of drug-likeness (QED) is 0.0133. The van der Waals surface area contributed by atoms with Crippen LogP contribution < -0.4 is 9.47 Å². The molecule has 0 saturated heterocycles. The van der Waals surface area contributed by atoms with E-state index in [0.29, 0.717) is 36.7 Å². The van der Waals surface area contributed by atoms with E-state index in [9.17, 15) is 79.6 Å². The second kappa shape index (κ2) is 43.6. The van der Waals surface area contributed by atoms with Crippen LogP contribution in [-0.2, 0) is 82.6 Å². The maximum absolute atomic E-state index is 13.0. The van der Waals surface area contributed by atoms with Gasteiger partial charge in [0.25, 0.3) is 0 Å². The van der Waals surface area contributed by atoms with Crippen LogP contribution in [0.3, 0.4) is 0 Å². The fourth-order valence-corrected chi connectivity index (χ4v) is 15.2. The van der Waals surface area contributed by atoms with E-state index in [0.717, 1.165) is 23.3 Å². The summed E-state index contributed by atoms with van der Waals surface area (Å²) < 4.78 is 197. The predicted molar refractivity (Wildman–Crippen MR) is 426 cm³/mol. The first-order valence-electron chi connectivity index (χ1n) is 36.3. The molecule has 0 aromatic heterocycles. The molecule has 9 aromatic rings. The molecule has 28 heteroatoms. The summed E-state index contributed by atoms with van der Waals surface area (Å²) >= 11 is 0. The summed E-state index contributed by atoms with van der Waals surface area (Å²) in [6.45, 7) is 21.0. The molecule has 0 fully saturated rings. The Kier molecular flexibility index (Phi) is 36.6. The molecule has 0 heterocycles. The minimum atomic E-state index is -6.08. The topological polar surface area (TPSA) is 269 Å². The van der Waals surface area contributed by atoms with Crippen LogP contribution in [0.25, 0.3) is 0 Å². The van der Waals surface area contributed by atoms with Crippen molar-refractivity contribution < 1.29 is 103 Å². The van der Waals surface area contributed by atoms with Crippen molar-refractivity contribution in [2.24, 2.45) is 10.8 Å². The Morgan fingerprint density at radius 1 is 0.430 bits per heavy atom. The number of hydrogen-bond donors (Lipinski definition) is 0. The first-order chi connectivity index (χ1) is 53.4. The van der Waals surface area contributed by atoms with Gasteiger partial charge in [-0.15, -0.1) is 0 Å². The Balaban J connectivity index is 0.000000258. The molecule has 0 saturated carbocycles. The average molecular weight is 1680 g/mol. The number of carbonyl (C=O) groups excluding carboxylic acids is 3. The van der Waals surface area contributed by atoms with Crippen LogP contribution in [0.15, 0.2) is 283 Å². The largest absolute Gasteiger partial charge is 0.744 e. The van der Waals surface area contributed by atoms with Crippen LogP contribution in [0.1, 0.15) is 154 Å². The predicted octanol–water partition coefficient (Wildman–Crippen LogP) is 20.0. The van der Waals surface area contributed by atoms with Crippen LogP contribution in [0, 0.1) is 10.8 Å². The Hall–Kier alpha value is -9.00. The van der Waals surface area contributed by atoms with Crippen molar-refractivity contribution in [3.8, 4) is 11.5 Å². The Morgan fingerprint density at radius 2 is 0.763 bits per heavy atom. The van der Waals surface area contributed by atoms with E-state index in [4.69, 9.17) is 14.2 Å². The summed E-state index contributed by atoms with van der Waals surface area (Å²) in [5, 5.41) is -10.1. The van der Waals surface area contributed by atoms with Crippen molar-refractivity contribution in [1.29, 1.82) is 0 Å². The molecule has 9 aromatic carbocycles. The molecule has 4 atom stereocenters. The maximum Gasteiger partial charge on any atom is 0.364 e. The van der Waals surface area contributed by atoms with E-state index in [1.807, 2.05) is 85.8 Å². The zero-order valence-corrected chi connectivity index (χ0v) is 69.5. The van der Waals surface area contributed by atoms with Crippen LogP contribution in [-0.4, -0.2) is 98.5 Å². The molecule has 0 amide bonds. The van der Waals surface area contributed by atoms with Crippen molar-refractivity contribution in [3.05, 3.63) is 271 Å². The molecule has 0 aliphatic carbocycles. The second-order valence-electron chi connectivity index (χ2n) is 28.1. The molecule has 0 aliphatic rings. The van der Waals surface area contributed by atoms with Crippen LogP contribution in [0.2, 0.25) is 0 Å². The van der Waals surface area contributed by atoms with Crippen LogP contribution >= 0.6 is 0 Å². The number of esters is 3. The minimum Gasteiger partial charge on any atom is -0.744 e. The van der Waals surface area contributed by atoms with Gasteiger partial charge in [0.15, 0.2) is 62.0 Å². The van der Waals surface area contributed by atoms with Gasteiger partial charge in [0.05, 0.1) is 56.3 Å². The number of halogens is 6. The van der Waals surface area contributed by atoms with E-state index in [-0.39, 0.29) is 44.4 Å². The molecule has 0 radical (unpaired) electrons. The number of rotatable bonds is 30. The maximum atomic E-state index is 13.0. The Bertz CT molecular complexity index is 4610. The normalized spacial score (nSPS) is 13.0. The molecule has 0 bridgehead atoms. The summed E-state index contributed by atoms with van der Waals surface area (Å²) in [6, 6.07) is 82.1. The van der Waals surface area contributed by atoms with Gasteiger partial charge in [0.2, 0.25) is 0 Å². The number of alkyl halides is 6. The summed E-state index contributed by atoms with van der Waals surface area (Å²) in [4.78, 5) is 42.8. The lowest BCUT2D eigenvalue weighted by molar-refractivity contribution is -0.156. The molecular weight excluding hydrogens is 1580 g/mol. The van der Waals surface area contributed by atoms with Crippen LogP contribution in [0.4, 0.5) is 26.3 Å². The van der Waals surface area contributed by atoms with Crippen molar-refractivity contribution in [2.45, 2.75) is 197 Å². The summed E-state index contributed by atoms with van der Waals surface area (Å²) in [6.07, 6.45) is -6.90. The third-order valence-electron chi connectivity index (χ3n) is 17.4. The van der Waals surface area contributed by atoms with Gasteiger partial charge in [-0.2, -0.15) is 17.6 Å². The smallest absolute Gasteiger partial charge is 0.364 e. The number of carbonyl (C=O) groups is 3. The fourth-order valence-electron chi connectivity index (χ4n) is 9.67. The summed E-state index contributed by atoms with van der Waals surface area (Å²) in [5.41, 5.74) is 2.01. The SMILES string of the molecule is CC(C)(C)Oc1ccc([S+](c2ccccc2)c2ccccc2)cc1.CC(OC(=O)c1ccc([S+](c2ccccc2)c2ccccc2)cc1)c1ccccc1.CCC(C)(C)C(=O)OCCC(F)C(F)(F)S(=O)(=O)[O-].CCC(C)(C)C(=O)OCCC(F)C(F)(F)S(=O)(=O)[O-].CCC(C)c1ccc(COc2ccc(S(=O)(=O)[O-])cc2)cc1. The monoisotopic (exact) mass is 1680 g/mol. The molecule has 9 rings (SSSR count). The molecule has 4 unspecified atom stereocenters. The molecule has 0 aliphatic heterocycles. The highest BCUT2D eigenvalue weighted by Crippen LogP contribution is 2.36. The highest BCUT2D eigenvalue weighted by Gasteiger charge is 2.48. The van der Waals surface area contributed by atoms with Crippen molar-refractivity contribution in [1.82, 2.24) is 0 Å². The lowest BCUT2D eigenvalue weighted by Crippen LogP contribution is -2.39. The van der Waals surface area contributed by atoms with Gasteiger partial charge in [-0.1, -0.05) is 155 Å². The minimum absolute atomic E-state index is 0.102. The lowest BCUT2D eigenvalue weighted by atomic mass is 9.91. The van der Waals surface area contributed by atoms with Gasteiger partial charge in [-0.3, -0.25) is 9.59 Å². The zero-order valence-electron chi connectivity index (χ0n) is 65.4. The van der Waals surface area contributed by atoms with Crippen LogP contribution in [0.5, 0.6) is 11.5 Å². The first-order valence-corrected chi connectivity index (χ1v) is 42.9.